The number of hydrogen-bond donors (Lipinski definition) is 3. The van der Waals surface area contributed by atoms with Crippen LogP contribution >= 0.6 is 0 Å². The number of nitro groups is 1. The third-order valence-corrected chi connectivity index (χ3v) is 2.61. The summed E-state index contributed by atoms with van der Waals surface area (Å²) in [5.74, 6) is 5.16. The molecule has 0 aromatic carbocycles. The minimum Gasteiger partial charge on any atom is -0.368 e. The van der Waals surface area contributed by atoms with Gasteiger partial charge in [0, 0.05) is 6.54 Å². The average Bonchev–Trinajstić information content (AvgIpc) is 2.42. The van der Waals surface area contributed by atoms with Crippen molar-refractivity contribution in [2.45, 2.75) is 19.8 Å². The highest BCUT2D eigenvalue weighted by Crippen LogP contribution is 2.23. The molecule has 0 aliphatic carbocycles. The molecule has 0 saturated carbocycles. The van der Waals surface area contributed by atoms with Crippen LogP contribution in [0.1, 0.15) is 19.8 Å². The normalized spacial score (nSPS) is 10.1. The van der Waals surface area contributed by atoms with Crippen LogP contribution in [0.15, 0.2) is 12.1 Å². The average molecular weight is 282 g/mol. The molecular formula is C11H18N6O3. The van der Waals surface area contributed by atoms with E-state index in [1.54, 1.807) is 4.90 Å². The molecule has 5 N–H and O–H groups in total. The van der Waals surface area contributed by atoms with E-state index in [-0.39, 0.29) is 18.1 Å². The minimum absolute atomic E-state index is 0.0574. The van der Waals surface area contributed by atoms with Crippen molar-refractivity contribution in [1.82, 2.24) is 4.98 Å². The van der Waals surface area contributed by atoms with Gasteiger partial charge >= 0.3 is 0 Å². The highest BCUT2D eigenvalue weighted by molar-refractivity contribution is 5.79. The number of primary amides is 1. The molecule has 110 valence electrons. The van der Waals surface area contributed by atoms with Gasteiger partial charge in [0.15, 0.2) is 0 Å². The summed E-state index contributed by atoms with van der Waals surface area (Å²) in [6.45, 7) is 2.46. The molecule has 1 aromatic rings. The fourth-order valence-electron chi connectivity index (χ4n) is 1.66. The molecule has 0 aliphatic heterocycles. The Morgan fingerprint density at radius 1 is 1.55 bits per heavy atom. The summed E-state index contributed by atoms with van der Waals surface area (Å²) in [7, 11) is 0. The van der Waals surface area contributed by atoms with Gasteiger partial charge < -0.3 is 16.1 Å². The van der Waals surface area contributed by atoms with Crippen molar-refractivity contribution in [3.63, 3.8) is 0 Å². The molecule has 0 saturated heterocycles. The van der Waals surface area contributed by atoms with E-state index in [0.717, 1.165) is 12.8 Å². The fraction of sp³-hybridized carbons (Fsp3) is 0.455. The lowest BCUT2D eigenvalue weighted by molar-refractivity contribution is -0.384. The second-order valence-electron chi connectivity index (χ2n) is 4.21. The molecule has 9 heteroatoms. The molecule has 0 unspecified atom stereocenters. The number of pyridine rings is 1. The minimum atomic E-state index is -0.547. The zero-order valence-corrected chi connectivity index (χ0v) is 11.2. The summed E-state index contributed by atoms with van der Waals surface area (Å²) in [5, 5.41) is 10.9. The van der Waals surface area contributed by atoms with Crippen molar-refractivity contribution < 1.29 is 9.72 Å². The van der Waals surface area contributed by atoms with E-state index in [0.29, 0.717) is 12.4 Å². The molecule has 0 atom stereocenters. The standard InChI is InChI=1S/C11H18N6O3/c1-2-3-4-16(7-9(12)18)11-6-8(17(19)20)5-10(14-11)15-13/h5-6H,2-4,7,13H2,1H3,(H2,12,18)(H,14,15). The monoisotopic (exact) mass is 282 g/mol. The van der Waals surface area contributed by atoms with Gasteiger partial charge in [-0.1, -0.05) is 13.3 Å². The number of unbranched alkanes of at least 4 members (excludes halogenated alkanes) is 1. The summed E-state index contributed by atoms with van der Waals surface area (Å²) in [5.41, 5.74) is 7.30. The van der Waals surface area contributed by atoms with Crippen LogP contribution in [0, 0.1) is 10.1 Å². The van der Waals surface area contributed by atoms with Crippen LogP contribution in [0.2, 0.25) is 0 Å². The Hall–Kier alpha value is -2.42. The molecule has 0 radical (unpaired) electrons. The van der Waals surface area contributed by atoms with Crippen LogP contribution in [-0.4, -0.2) is 28.9 Å². The third kappa shape index (κ3) is 4.35. The van der Waals surface area contributed by atoms with Crippen molar-refractivity contribution in [3.8, 4) is 0 Å². The number of hydrazine groups is 1. The molecule has 20 heavy (non-hydrogen) atoms. The molecule has 0 bridgehead atoms. The van der Waals surface area contributed by atoms with E-state index in [9.17, 15) is 14.9 Å². The van der Waals surface area contributed by atoms with E-state index in [4.69, 9.17) is 11.6 Å². The number of carbonyl (C=O) groups is 1. The number of nitrogen functional groups attached to an aromatic ring is 1. The number of hydrogen-bond acceptors (Lipinski definition) is 7. The number of carbonyl (C=O) groups excluding carboxylic acids is 1. The lowest BCUT2D eigenvalue weighted by atomic mass is 10.3. The Bertz CT molecular complexity index is 493. The van der Waals surface area contributed by atoms with Crippen molar-refractivity contribution in [1.29, 1.82) is 0 Å². The van der Waals surface area contributed by atoms with Crippen LogP contribution < -0.4 is 21.9 Å². The number of amides is 1. The van der Waals surface area contributed by atoms with E-state index in [1.807, 2.05) is 6.92 Å². The van der Waals surface area contributed by atoms with Gasteiger partial charge in [-0.05, 0) is 6.42 Å². The molecule has 1 aromatic heterocycles. The molecule has 1 heterocycles. The molecule has 0 spiro atoms. The topological polar surface area (TPSA) is 140 Å². The fourth-order valence-corrected chi connectivity index (χ4v) is 1.66. The van der Waals surface area contributed by atoms with Crippen LogP contribution in [0.5, 0.6) is 0 Å². The van der Waals surface area contributed by atoms with Gasteiger partial charge in [-0.2, -0.15) is 0 Å². The first-order valence-electron chi connectivity index (χ1n) is 6.14. The van der Waals surface area contributed by atoms with Gasteiger partial charge in [-0.15, -0.1) is 0 Å². The lowest BCUT2D eigenvalue weighted by Gasteiger charge is -2.22. The molecule has 1 rings (SSSR count). The number of nitrogens with two attached hydrogens (primary N) is 2. The Balaban J connectivity index is 3.12. The molecule has 0 fully saturated rings. The highest BCUT2D eigenvalue weighted by Gasteiger charge is 2.16. The Morgan fingerprint density at radius 2 is 2.25 bits per heavy atom. The molecule has 1 amide bonds. The van der Waals surface area contributed by atoms with Gasteiger partial charge in [0.25, 0.3) is 5.69 Å². The maximum atomic E-state index is 11.1. The Labute approximate surface area is 116 Å². The van der Waals surface area contributed by atoms with Gasteiger partial charge in [0.05, 0.1) is 23.6 Å². The van der Waals surface area contributed by atoms with Gasteiger partial charge in [-0.3, -0.25) is 14.9 Å². The SMILES string of the molecule is CCCCN(CC(N)=O)c1cc([N+](=O)[O-])cc(NN)n1. The number of aromatic nitrogens is 1. The van der Waals surface area contributed by atoms with Crippen LogP contribution in [-0.2, 0) is 4.79 Å². The van der Waals surface area contributed by atoms with Crippen LogP contribution in [0.3, 0.4) is 0 Å². The van der Waals surface area contributed by atoms with Crippen molar-refractivity contribution >= 4 is 23.2 Å². The predicted octanol–water partition coefficient (Wildman–Crippen LogP) is 0.367. The van der Waals surface area contributed by atoms with Gasteiger partial charge in [0.2, 0.25) is 5.91 Å². The molecular weight excluding hydrogens is 264 g/mol. The Kier molecular flexibility index (Phi) is 5.66. The summed E-state index contributed by atoms with van der Waals surface area (Å²) in [4.78, 5) is 27.1. The zero-order chi connectivity index (χ0) is 15.1. The number of nitrogens with zero attached hydrogens (tertiary/aromatic N) is 3. The molecule has 0 aliphatic rings. The smallest absolute Gasteiger partial charge is 0.276 e. The molecule has 9 nitrogen and oxygen atoms in total. The lowest BCUT2D eigenvalue weighted by Crippen LogP contribution is -2.35. The summed E-state index contributed by atoms with van der Waals surface area (Å²) >= 11 is 0. The first kappa shape index (κ1) is 15.6. The number of nitrogens with one attached hydrogen (secondary N) is 1. The zero-order valence-electron chi connectivity index (χ0n) is 11.2. The van der Waals surface area contributed by atoms with E-state index < -0.39 is 10.8 Å². The second-order valence-corrected chi connectivity index (χ2v) is 4.21. The maximum Gasteiger partial charge on any atom is 0.276 e. The Morgan fingerprint density at radius 3 is 2.75 bits per heavy atom. The maximum absolute atomic E-state index is 11.1. The van der Waals surface area contributed by atoms with Gasteiger partial charge in [-0.25, -0.2) is 10.8 Å². The third-order valence-electron chi connectivity index (χ3n) is 2.61. The largest absolute Gasteiger partial charge is 0.368 e. The number of rotatable bonds is 8. The summed E-state index contributed by atoms with van der Waals surface area (Å²) < 4.78 is 0. The second kappa shape index (κ2) is 7.24. The van der Waals surface area contributed by atoms with E-state index >= 15 is 0 Å². The van der Waals surface area contributed by atoms with Crippen molar-refractivity contribution in [2.75, 3.05) is 23.4 Å². The van der Waals surface area contributed by atoms with Crippen molar-refractivity contribution in [2.24, 2.45) is 11.6 Å². The number of anilines is 2. The van der Waals surface area contributed by atoms with Crippen LogP contribution in [0.25, 0.3) is 0 Å². The summed E-state index contributed by atoms with van der Waals surface area (Å²) in [6, 6.07) is 2.51. The highest BCUT2D eigenvalue weighted by atomic mass is 16.6. The van der Waals surface area contributed by atoms with Crippen molar-refractivity contribution in [3.05, 3.63) is 22.2 Å². The van der Waals surface area contributed by atoms with E-state index in [2.05, 4.69) is 10.4 Å². The van der Waals surface area contributed by atoms with E-state index in [1.165, 1.54) is 12.1 Å². The quantitative estimate of drug-likeness (QED) is 0.355. The first-order chi connectivity index (χ1) is 9.47. The first-order valence-corrected chi connectivity index (χ1v) is 6.14. The van der Waals surface area contributed by atoms with Crippen LogP contribution in [0.4, 0.5) is 17.3 Å². The predicted molar refractivity (Wildman–Crippen MR) is 75.0 cm³/mol. The van der Waals surface area contributed by atoms with Gasteiger partial charge in [0.1, 0.15) is 11.6 Å². The summed E-state index contributed by atoms with van der Waals surface area (Å²) in [6.07, 6.45) is 1.72.